The largest absolute Gasteiger partial charge is 0.481 e. The van der Waals surface area contributed by atoms with E-state index in [9.17, 15) is 0 Å². The number of anilines is 2. The van der Waals surface area contributed by atoms with Crippen LogP contribution in [0.4, 0.5) is 11.8 Å². The van der Waals surface area contributed by atoms with Gasteiger partial charge < -0.3 is 20.3 Å². The molecule has 6 nitrogen and oxygen atoms in total. The molecule has 1 aromatic carbocycles. The van der Waals surface area contributed by atoms with Gasteiger partial charge in [0.2, 0.25) is 11.8 Å². The Balaban J connectivity index is 1.68. The molecule has 2 heterocycles. The third kappa shape index (κ3) is 5.29. The van der Waals surface area contributed by atoms with Crippen LogP contribution in [-0.4, -0.2) is 35.3 Å². The second-order valence-electron chi connectivity index (χ2n) is 6.99. The molecule has 144 valence electrons. The molecule has 1 aromatic heterocycles. The number of hydrogen-bond acceptors (Lipinski definition) is 5. The van der Waals surface area contributed by atoms with Crippen molar-refractivity contribution in [1.82, 2.24) is 15.3 Å². The van der Waals surface area contributed by atoms with Crippen LogP contribution < -0.4 is 20.3 Å². The Bertz CT molecular complexity index is 762. The fourth-order valence-corrected chi connectivity index (χ4v) is 3.40. The van der Waals surface area contributed by atoms with Gasteiger partial charge >= 0.3 is 0 Å². The van der Waals surface area contributed by atoms with Gasteiger partial charge in [-0.1, -0.05) is 37.3 Å². The molecule has 1 saturated heterocycles. The number of ether oxygens (including phenoxy) is 1. The summed E-state index contributed by atoms with van der Waals surface area (Å²) in [6.45, 7) is 6.35. The first-order valence-electron chi connectivity index (χ1n) is 9.35. The maximum atomic E-state index is 5.45. The van der Waals surface area contributed by atoms with Gasteiger partial charge in [0, 0.05) is 19.2 Å². The topological polar surface area (TPSA) is 62.3 Å². The van der Waals surface area contributed by atoms with Crippen molar-refractivity contribution in [2.45, 2.75) is 32.7 Å². The lowest BCUT2D eigenvalue weighted by Crippen LogP contribution is -2.34. The van der Waals surface area contributed by atoms with Crippen LogP contribution in [0.25, 0.3) is 0 Å². The first-order valence-corrected chi connectivity index (χ1v) is 9.76. The van der Waals surface area contributed by atoms with Crippen molar-refractivity contribution >= 4 is 29.1 Å². The molecule has 0 spiro atoms. The molecular formula is C20H27N5OS. The number of benzene rings is 1. The highest BCUT2D eigenvalue weighted by Crippen LogP contribution is 2.25. The Morgan fingerprint density at radius 1 is 1.22 bits per heavy atom. The summed E-state index contributed by atoms with van der Waals surface area (Å²) in [5.74, 6) is 2.61. The average molecular weight is 386 g/mol. The minimum Gasteiger partial charge on any atom is -0.481 e. The maximum Gasteiger partial charge on any atom is 0.234 e. The minimum absolute atomic E-state index is 0.0832. The second kappa shape index (κ2) is 8.99. The highest BCUT2D eigenvalue weighted by molar-refractivity contribution is 7.80. The summed E-state index contributed by atoms with van der Waals surface area (Å²) in [7, 11) is 1.61. The van der Waals surface area contributed by atoms with Gasteiger partial charge in [-0.05, 0) is 43.5 Å². The van der Waals surface area contributed by atoms with Crippen LogP contribution in [0.3, 0.4) is 0 Å². The summed E-state index contributed by atoms with van der Waals surface area (Å²) in [6.07, 6.45) is 2.34. The van der Waals surface area contributed by atoms with Crippen LogP contribution in [0.15, 0.2) is 36.4 Å². The van der Waals surface area contributed by atoms with E-state index in [-0.39, 0.29) is 6.04 Å². The third-order valence-corrected chi connectivity index (χ3v) is 5.10. The number of nitrogens with zero attached hydrogens (tertiary/aromatic N) is 3. The van der Waals surface area contributed by atoms with Gasteiger partial charge in [0.25, 0.3) is 0 Å². The number of piperidine rings is 1. The molecule has 1 unspecified atom stereocenters. The first kappa shape index (κ1) is 19.4. The van der Waals surface area contributed by atoms with Crippen molar-refractivity contribution in [3.05, 3.63) is 42.0 Å². The van der Waals surface area contributed by atoms with Crippen molar-refractivity contribution in [2.24, 2.45) is 5.92 Å². The number of hydrogen-bond donors (Lipinski definition) is 2. The molecule has 1 aliphatic heterocycles. The van der Waals surface area contributed by atoms with E-state index in [0.29, 0.717) is 16.9 Å². The fraction of sp³-hybridized carbons (Fsp3) is 0.450. The van der Waals surface area contributed by atoms with Crippen LogP contribution in [0.5, 0.6) is 5.88 Å². The SMILES string of the molecule is COc1cc(N2CCC(C)CC2)nc(NC(=S)NC(C)c2ccccc2)n1. The van der Waals surface area contributed by atoms with E-state index in [1.807, 2.05) is 24.3 Å². The highest BCUT2D eigenvalue weighted by atomic mass is 32.1. The summed E-state index contributed by atoms with van der Waals surface area (Å²) < 4.78 is 5.36. The Morgan fingerprint density at radius 3 is 2.59 bits per heavy atom. The van der Waals surface area contributed by atoms with E-state index in [4.69, 9.17) is 17.0 Å². The third-order valence-electron chi connectivity index (χ3n) is 4.88. The molecule has 7 heteroatoms. The van der Waals surface area contributed by atoms with Crippen LogP contribution in [-0.2, 0) is 0 Å². The molecule has 0 amide bonds. The van der Waals surface area contributed by atoms with E-state index >= 15 is 0 Å². The standard InChI is InChI=1S/C20H27N5OS/c1-14-9-11-25(12-10-14)17-13-18(26-3)23-19(22-17)24-20(27)21-15(2)16-7-5-4-6-8-16/h4-8,13-15H,9-12H2,1-3H3,(H2,21,22,23,24,27). The predicted molar refractivity (Wildman–Crippen MR) is 113 cm³/mol. The number of rotatable bonds is 5. The first-order chi connectivity index (χ1) is 13.0. The summed E-state index contributed by atoms with van der Waals surface area (Å²) >= 11 is 5.45. The number of aromatic nitrogens is 2. The van der Waals surface area contributed by atoms with E-state index < -0.39 is 0 Å². The monoisotopic (exact) mass is 385 g/mol. The highest BCUT2D eigenvalue weighted by Gasteiger charge is 2.19. The van der Waals surface area contributed by atoms with Crippen LogP contribution in [0.2, 0.25) is 0 Å². The van der Waals surface area contributed by atoms with Gasteiger partial charge in [0.1, 0.15) is 5.82 Å². The number of methoxy groups -OCH3 is 1. The molecule has 0 saturated carbocycles. The Labute approximate surface area is 166 Å². The lowest BCUT2D eigenvalue weighted by molar-refractivity contribution is 0.396. The van der Waals surface area contributed by atoms with Crippen molar-refractivity contribution in [2.75, 3.05) is 30.4 Å². The molecule has 27 heavy (non-hydrogen) atoms. The predicted octanol–water partition coefficient (Wildman–Crippen LogP) is 3.77. The molecule has 0 bridgehead atoms. The molecule has 0 radical (unpaired) electrons. The normalized spacial score (nSPS) is 15.9. The van der Waals surface area contributed by atoms with E-state index in [0.717, 1.165) is 30.4 Å². The molecule has 0 aliphatic carbocycles. The van der Waals surface area contributed by atoms with Crippen LogP contribution >= 0.6 is 12.2 Å². The van der Waals surface area contributed by atoms with Gasteiger partial charge in [-0.2, -0.15) is 9.97 Å². The molecule has 3 rings (SSSR count). The van der Waals surface area contributed by atoms with Gasteiger partial charge in [-0.25, -0.2) is 0 Å². The summed E-state index contributed by atoms with van der Waals surface area (Å²) in [5.41, 5.74) is 1.16. The summed E-state index contributed by atoms with van der Waals surface area (Å²) in [4.78, 5) is 11.3. The molecule has 2 N–H and O–H groups in total. The van der Waals surface area contributed by atoms with Gasteiger partial charge in [-0.3, -0.25) is 0 Å². The van der Waals surface area contributed by atoms with Gasteiger partial charge in [0.15, 0.2) is 5.11 Å². The minimum atomic E-state index is 0.0832. The van der Waals surface area contributed by atoms with Gasteiger partial charge in [0.05, 0.1) is 13.2 Å². The van der Waals surface area contributed by atoms with Crippen molar-refractivity contribution in [3.63, 3.8) is 0 Å². The van der Waals surface area contributed by atoms with Gasteiger partial charge in [-0.15, -0.1) is 0 Å². The van der Waals surface area contributed by atoms with E-state index in [1.165, 1.54) is 12.8 Å². The second-order valence-corrected chi connectivity index (χ2v) is 7.40. The molecule has 1 fully saturated rings. The zero-order valence-corrected chi connectivity index (χ0v) is 16.9. The van der Waals surface area contributed by atoms with Crippen LogP contribution in [0, 0.1) is 5.92 Å². The zero-order chi connectivity index (χ0) is 19.2. The lowest BCUT2D eigenvalue weighted by atomic mass is 9.99. The molecular weight excluding hydrogens is 358 g/mol. The summed E-state index contributed by atoms with van der Waals surface area (Å²) in [6, 6.07) is 12.1. The van der Waals surface area contributed by atoms with Crippen molar-refractivity contribution in [1.29, 1.82) is 0 Å². The van der Waals surface area contributed by atoms with E-state index in [2.05, 4.69) is 51.5 Å². The quantitative estimate of drug-likeness (QED) is 0.760. The van der Waals surface area contributed by atoms with E-state index in [1.54, 1.807) is 7.11 Å². The average Bonchev–Trinajstić information content (AvgIpc) is 2.68. The van der Waals surface area contributed by atoms with Crippen molar-refractivity contribution < 1.29 is 4.74 Å². The number of nitrogens with one attached hydrogen (secondary N) is 2. The summed E-state index contributed by atoms with van der Waals surface area (Å²) in [5, 5.41) is 6.85. The number of thiocarbonyl (C=S) groups is 1. The Morgan fingerprint density at radius 2 is 1.93 bits per heavy atom. The Kier molecular flexibility index (Phi) is 6.45. The lowest BCUT2D eigenvalue weighted by Gasteiger charge is -2.31. The van der Waals surface area contributed by atoms with Crippen molar-refractivity contribution in [3.8, 4) is 5.88 Å². The molecule has 1 aliphatic rings. The smallest absolute Gasteiger partial charge is 0.234 e. The maximum absolute atomic E-state index is 5.45. The zero-order valence-electron chi connectivity index (χ0n) is 16.1. The van der Waals surface area contributed by atoms with Crippen LogP contribution in [0.1, 0.15) is 38.3 Å². The fourth-order valence-electron chi connectivity index (χ4n) is 3.13. The molecule has 2 aromatic rings. The molecule has 1 atom stereocenters. The Hall–Kier alpha value is -2.41.